The van der Waals surface area contributed by atoms with Crippen LogP contribution in [0.1, 0.15) is 19.4 Å². The van der Waals surface area contributed by atoms with Gasteiger partial charge in [-0.2, -0.15) is 5.10 Å². The number of hydrogen-bond acceptors (Lipinski definition) is 6. The van der Waals surface area contributed by atoms with Gasteiger partial charge in [-0.3, -0.25) is 5.43 Å². The Morgan fingerprint density at radius 2 is 1.81 bits per heavy atom. The molecule has 0 bridgehead atoms. The van der Waals surface area contributed by atoms with Crippen molar-refractivity contribution in [1.82, 2.24) is 4.98 Å². The zero-order valence-corrected chi connectivity index (χ0v) is 15.6. The molecular formula is C20H21N3O2S. The Bertz CT molecular complexity index is 863. The van der Waals surface area contributed by atoms with Crippen molar-refractivity contribution in [3.8, 4) is 22.8 Å². The van der Waals surface area contributed by atoms with E-state index in [0.29, 0.717) is 13.2 Å². The highest BCUT2D eigenvalue weighted by Crippen LogP contribution is 2.28. The molecule has 6 heteroatoms. The van der Waals surface area contributed by atoms with E-state index in [1.807, 2.05) is 67.8 Å². The number of hydrazone groups is 1. The minimum absolute atomic E-state index is 0.584. The van der Waals surface area contributed by atoms with E-state index in [2.05, 4.69) is 15.5 Å². The van der Waals surface area contributed by atoms with Gasteiger partial charge >= 0.3 is 0 Å². The number of hydrogen-bond donors (Lipinski definition) is 1. The lowest BCUT2D eigenvalue weighted by Gasteiger charge is -2.11. The lowest BCUT2D eigenvalue weighted by molar-refractivity contribution is 0.288. The van der Waals surface area contributed by atoms with Gasteiger partial charge in [-0.1, -0.05) is 30.3 Å². The molecule has 0 aliphatic rings. The molecule has 0 saturated carbocycles. The Balaban J connectivity index is 1.67. The summed E-state index contributed by atoms with van der Waals surface area (Å²) in [6.07, 6.45) is 1.74. The summed E-state index contributed by atoms with van der Waals surface area (Å²) in [4.78, 5) is 4.55. The first-order valence-corrected chi connectivity index (χ1v) is 9.37. The first-order valence-electron chi connectivity index (χ1n) is 8.49. The first-order chi connectivity index (χ1) is 12.8. The number of rotatable bonds is 8. The summed E-state index contributed by atoms with van der Waals surface area (Å²) in [5.74, 6) is 1.46. The number of nitrogens with zero attached hydrogens (tertiary/aromatic N) is 2. The number of aromatic nitrogens is 1. The second-order valence-corrected chi connectivity index (χ2v) is 6.20. The van der Waals surface area contributed by atoms with Gasteiger partial charge in [0, 0.05) is 10.9 Å². The van der Waals surface area contributed by atoms with Crippen molar-refractivity contribution in [2.45, 2.75) is 13.8 Å². The zero-order chi connectivity index (χ0) is 18.2. The summed E-state index contributed by atoms with van der Waals surface area (Å²) < 4.78 is 11.2. The highest BCUT2D eigenvalue weighted by atomic mass is 32.1. The van der Waals surface area contributed by atoms with Gasteiger partial charge in [-0.15, -0.1) is 11.3 Å². The number of thiazole rings is 1. The maximum Gasteiger partial charge on any atom is 0.203 e. The zero-order valence-electron chi connectivity index (χ0n) is 14.8. The van der Waals surface area contributed by atoms with Crippen LogP contribution >= 0.6 is 11.3 Å². The van der Waals surface area contributed by atoms with Gasteiger partial charge in [-0.25, -0.2) is 4.98 Å². The van der Waals surface area contributed by atoms with Crippen LogP contribution in [0.15, 0.2) is 59.0 Å². The highest BCUT2D eigenvalue weighted by molar-refractivity contribution is 7.14. The average Bonchev–Trinajstić information content (AvgIpc) is 3.14. The third-order valence-corrected chi connectivity index (χ3v) is 4.26. The van der Waals surface area contributed by atoms with Crippen LogP contribution in [0.25, 0.3) is 11.3 Å². The lowest BCUT2D eigenvalue weighted by atomic mass is 10.2. The van der Waals surface area contributed by atoms with E-state index in [1.54, 1.807) is 6.21 Å². The van der Waals surface area contributed by atoms with Gasteiger partial charge < -0.3 is 9.47 Å². The predicted octanol–water partition coefficient (Wildman–Crippen LogP) is 5.05. The maximum atomic E-state index is 5.63. The summed E-state index contributed by atoms with van der Waals surface area (Å²) in [6, 6.07) is 15.8. The Labute approximate surface area is 157 Å². The standard InChI is InChI=1S/C20H21N3O2S/c1-3-24-18-11-10-15(12-19(18)25-4-2)13-21-23-20-22-17(14-26-20)16-8-6-5-7-9-16/h5-14H,3-4H2,1-2H3,(H,22,23). The molecule has 0 spiro atoms. The van der Waals surface area contributed by atoms with Gasteiger partial charge in [0.2, 0.25) is 5.13 Å². The molecule has 0 saturated heterocycles. The molecule has 0 atom stereocenters. The van der Waals surface area contributed by atoms with E-state index >= 15 is 0 Å². The third-order valence-electron chi connectivity index (χ3n) is 3.52. The largest absolute Gasteiger partial charge is 0.490 e. The minimum Gasteiger partial charge on any atom is -0.490 e. The average molecular weight is 367 g/mol. The summed E-state index contributed by atoms with van der Waals surface area (Å²) >= 11 is 1.52. The minimum atomic E-state index is 0.584. The van der Waals surface area contributed by atoms with Crippen LogP contribution in [0, 0.1) is 0 Å². The molecule has 1 N–H and O–H groups in total. The van der Waals surface area contributed by atoms with Gasteiger partial charge in [0.05, 0.1) is 25.1 Å². The molecule has 0 amide bonds. The molecule has 5 nitrogen and oxygen atoms in total. The van der Waals surface area contributed by atoms with Gasteiger partial charge in [-0.05, 0) is 37.6 Å². The molecule has 0 radical (unpaired) electrons. The molecule has 26 heavy (non-hydrogen) atoms. The van der Waals surface area contributed by atoms with Crippen LogP contribution in [-0.2, 0) is 0 Å². The lowest BCUT2D eigenvalue weighted by Crippen LogP contribution is -1.99. The fourth-order valence-electron chi connectivity index (χ4n) is 2.38. The fourth-order valence-corrected chi connectivity index (χ4v) is 3.05. The molecule has 0 unspecified atom stereocenters. The van der Waals surface area contributed by atoms with Crippen molar-refractivity contribution >= 4 is 22.7 Å². The highest BCUT2D eigenvalue weighted by Gasteiger charge is 2.06. The van der Waals surface area contributed by atoms with Crippen LogP contribution in [0.3, 0.4) is 0 Å². The fraction of sp³-hybridized carbons (Fsp3) is 0.200. The van der Waals surface area contributed by atoms with Crippen molar-refractivity contribution < 1.29 is 9.47 Å². The number of ether oxygens (including phenoxy) is 2. The monoisotopic (exact) mass is 367 g/mol. The predicted molar refractivity (Wildman–Crippen MR) is 108 cm³/mol. The van der Waals surface area contributed by atoms with Crippen molar-refractivity contribution in [2.75, 3.05) is 18.6 Å². The first kappa shape index (κ1) is 17.9. The number of nitrogens with one attached hydrogen (secondary N) is 1. The number of anilines is 1. The SMILES string of the molecule is CCOc1ccc(C=NNc2nc(-c3ccccc3)cs2)cc1OCC. The van der Waals surface area contributed by atoms with E-state index in [-0.39, 0.29) is 0 Å². The molecule has 134 valence electrons. The maximum absolute atomic E-state index is 5.63. The van der Waals surface area contributed by atoms with E-state index in [4.69, 9.17) is 9.47 Å². The van der Waals surface area contributed by atoms with Gasteiger partial charge in [0.15, 0.2) is 11.5 Å². The summed E-state index contributed by atoms with van der Waals surface area (Å²) in [5.41, 5.74) is 5.93. The molecule has 0 aliphatic carbocycles. The quantitative estimate of drug-likeness (QED) is 0.447. The molecule has 2 aromatic carbocycles. The van der Waals surface area contributed by atoms with Gasteiger partial charge in [0.25, 0.3) is 0 Å². The smallest absolute Gasteiger partial charge is 0.203 e. The molecule has 0 aliphatic heterocycles. The van der Waals surface area contributed by atoms with E-state index in [0.717, 1.165) is 33.5 Å². The molecule has 1 aromatic heterocycles. The number of benzene rings is 2. The van der Waals surface area contributed by atoms with Crippen molar-refractivity contribution in [2.24, 2.45) is 5.10 Å². The second kappa shape index (κ2) is 9.01. The third kappa shape index (κ3) is 4.61. The topological polar surface area (TPSA) is 55.7 Å². The summed E-state index contributed by atoms with van der Waals surface area (Å²) in [7, 11) is 0. The van der Waals surface area contributed by atoms with Crippen molar-refractivity contribution in [3.63, 3.8) is 0 Å². The van der Waals surface area contributed by atoms with E-state index in [9.17, 15) is 0 Å². The molecule has 3 rings (SSSR count). The molecular weight excluding hydrogens is 346 g/mol. The van der Waals surface area contributed by atoms with Crippen molar-refractivity contribution in [1.29, 1.82) is 0 Å². The Morgan fingerprint density at radius 1 is 1.04 bits per heavy atom. The van der Waals surface area contributed by atoms with Crippen molar-refractivity contribution in [3.05, 3.63) is 59.5 Å². The van der Waals surface area contributed by atoms with Crippen LogP contribution in [0.5, 0.6) is 11.5 Å². The van der Waals surface area contributed by atoms with Crippen LogP contribution in [-0.4, -0.2) is 24.4 Å². The Kier molecular flexibility index (Phi) is 6.22. The van der Waals surface area contributed by atoms with Crippen LogP contribution in [0.2, 0.25) is 0 Å². The molecule has 1 heterocycles. The normalized spacial score (nSPS) is 10.8. The van der Waals surface area contributed by atoms with Gasteiger partial charge in [0.1, 0.15) is 0 Å². The van der Waals surface area contributed by atoms with Crippen LogP contribution < -0.4 is 14.9 Å². The van der Waals surface area contributed by atoms with Crippen LogP contribution in [0.4, 0.5) is 5.13 Å². The van der Waals surface area contributed by atoms with E-state index < -0.39 is 0 Å². The summed E-state index contributed by atoms with van der Waals surface area (Å²) in [5, 5.41) is 7.03. The summed E-state index contributed by atoms with van der Waals surface area (Å²) in [6.45, 7) is 5.08. The van der Waals surface area contributed by atoms with E-state index in [1.165, 1.54) is 11.3 Å². The Hall–Kier alpha value is -2.86. The molecule has 3 aromatic rings. The second-order valence-electron chi connectivity index (χ2n) is 5.35. The molecule has 0 fully saturated rings. The Morgan fingerprint density at radius 3 is 2.58 bits per heavy atom.